The van der Waals surface area contributed by atoms with Crippen molar-refractivity contribution in [2.24, 2.45) is 0 Å². The lowest BCUT2D eigenvalue weighted by Gasteiger charge is -2.31. The SMILES string of the molecule is CC(OC(=O)CCn1c(=O)oc2ccccc21)C1CCCN1C(=O)OC(C)(C)C. The molecular weight excluding hydrogens is 376 g/mol. The van der Waals surface area contributed by atoms with Gasteiger partial charge in [0.05, 0.1) is 18.0 Å². The molecule has 2 aromatic rings. The second-order valence-corrected chi connectivity index (χ2v) is 8.32. The summed E-state index contributed by atoms with van der Waals surface area (Å²) in [6, 6.07) is 6.85. The van der Waals surface area contributed by atoms with Crippen LogP contribution in [0, 0.1) is 0 Å². The van der Waals surface area contributed by atoms with Gasteiger partial charge in [-0.15, -0.1) is 0 Å². The van der Waals surface area contributed by atoms with Crippen molar-refractivity contribution < 1.29 is 23.5 Å². The third-order valence-corrected chi connectivity index (χ3v) is 4.90. The highest BCUT2D eigenvalue weighted by atomic mass is 16.6. The highest BCUT2D eigenvalue weighted by Crippen LogP contribution is 2.25. The molecule has 1 fully saturated rings. The van der Waals surface area contributed by atoms with Crippen molar-refractivity contribution in [2.75, 3.05) is 6.54 Å². The summed E-state index contributed by atoms with van der Waals surface area (Å²) in [5, 5.41) is 0. The summed E-state index contributed by atoms with van der Waals surface area (Å²) in [6.07, 6.45) is 0.768. The van der Waals surface area contributed by atoms with Gasteiger partial charge < -0.3 is 18.8 Å². The number of rotatable bonds is 5. The van der Waals surface area contributed by atoms with Crippen LogP contribution in [0.5, 0.6) is 0 Å². The number of para-hydroxylation sites is 2. The Morgan fingerprint density at radius 1 is 1.28 bits per heavy atom. The summed E-state index contributed by atoms with van der Waals surface area (Å²) < 4.78 is 17.6. The molecule has 29 heavy (non-hydrogen) atoms. The van der Waals surface area contributed by atoms with Gasteiger partial charge >= 0.3 is 17.8 Å². The second-order valence-electron chi connectivity index (χ2n) is 8.32. The van der Waals surface area contributed by atoms with Gasteiger partial charge in [0.2, 0.25) is 0 Å². The second kappa shape index (κ2) is 8.31. The normalized spacial score (nSPS) is 18.1. The van der Waals surface area contributed by atoms with Crippen molar-refractivity contribution >= 4 is 23.2 Å². The van der Waals surface area contributed by atoms with Gasteiger partial charge in [0.1, 0.15) is 11.7 Å². The molecule has 1 saturated heterocycles. The van der Waals surface area contributed by atoms with Crippen LogP contribution >= 0.6 is 0 Å². The number of esters is 1. The van der Waals surface area contributed by atoms with Gasteiger partial charge in [0.15, 0.2) is 5.58 Å². The molecule has 0 bridgehead atoms. The minimum atomic E-state index is -0.579. The van der Waals surface area contributed by atoms with Crippen LogP contribution in [0.4, 0.5) is 4.79 Å². The molecule has 1 aliphatic rings. The Labute approximate surface area is 169 Å². The summed E-state index contributed by atoms with van der Waals surface area (Å²) in [4.78, 5) is 38.4. The highest BCUT2D eigenvalue weighted by molar-refractivity contribution is 5.73. The molecule has 8 nitrogen and oxygen atoms in total. The summed E-state index contributed by atoms with van der Waals surface area (Å²) in [5.74, 6) is -0.926. The van der Waals surface area contributed by atoms with Crippen LogP contribution in [0.1, 0.15) is 47.0 Å². The minimum absolute atomic E-state index is 0.0347. The molecule has 3 rings (SSSR count). The molecular formula is C21H28N2O6. The van der Waals surface area contributed by atoms with E-state index in [1.807, 2.05) is 20.8 Å². The largest absolute Gasteiger partial charge is 0.460 e. The first kappa shape index (κ1) is 21.0. The van der Waals surface area contributed by atoms with E-state index in [0.29, 0.717) is 17.6 Å². The maximum Gasteiger partial charge on any atom is 0.419 e. The smallest absolute Gasteiger partial charge is 0.419 e. The van der Waals surface area contributed by atoms with Crippen molar-refractivity contribution in [3.05, 3.63) is 34.8 Å². The molecule has 2 heterocycles. The standard InChI is InChI=1S/C21H28N2O6/c1-14(15-9-7-12-22(15)20(26)29-21(2,3)4)27-18(24)11-13-23-16-8-5-6-10-17(16)28-19(23)25/h5-6,8,10,14-15H,7,9,11-13H2,1-4H3. The molecule has 158 valence electrons. The molecule has 0 N–H and O–H groups in total. The van der Waals surface area contributed by atoms with Gasteiger partial charge in [-0.05, 0) is 52.7 Å². The number of hydrogen-bond donors (Lipinski definition) is 0. The number of likely N-dealkylation sites (tertiary alicyclic amines) is 1. The molecule has 1 aromatic heterocycles. The first-order chi connectivity index (χ1) is 13.7. The van der Waals surface area contributed by atoms with Gasteiger partial charge in [-0.25, -0.2) is 9.59 Å². The highest BCUT2D eigenvalue weighted by Gasteiger charge is 2.36. The van der Waals surface area contributed by atoms with Gasteiger partial charge in [-0.3, -0.25) is 9.36 Å². The number of carbonyl (C=O) groups excluding carboxylic acids is 2. The van der Waals surface area contributed by atoms with E-state index in [-0.39, 0.29) is 25.1 Å². The number of fused-ring (bicyclic) bond motifs is 1. The topological polar surface area (TPSA) is 91.0 Å². The number of oxazole rings is 1. The van der Waals surface area contributed by atoms with Crippen LogP contribution in [0.3, 0.4) is 0 Å². The number of nitrogens with zero attached hydrogens (tertiary/aromatic N) is 2. The van der Waals surface area contributed by atoms with Crippen LogP contribution in [0.15, 0.2) is 33.5 Å². The Morgan fingerprint density at radius 3 is 2.72 bits per heavy atom. The van der Waals surface area contributed by atoms with Crippen LogP contribution in [0.25, 0.3) is 11.1 Å². The Balaban J connectivity index is 1.58. The Kier molecular flexibility index (Phi) is 6.00. The predicted octanol–water partition coefficient (Wildman–Crippen LogP) is 3.32. The lowest BCUT2D eigenvalue weighted by molar-refractivity contribution is -0.151. The molecule has 0 aliphatic carbocycles. The average molecular weight is 404 g/mol. The Bertz CT molecular complexity index is 939. The van der Waals surface area contributed by atoms with Crippen molar-refractivity contribution in [3.63, 3.8) is 0 Å². The monoisotopic (exact) mass is 404 g/mol. The van der Waals surface area contributed by atoms with E-state index >= 15 is 0 Å². The number of amides is 1. The molecule has 1 amide bonds. The Hall–Kier alpha value is -2.77. The molecule has 1 aliphatic heterocycles. The number of ether oxygens (including phenoxy) is 2. The first-order valence-electron chi connectivity index (χ1n) is 9.93. The maximum atomic E-state index is 12.4. The zero-order valence-electron chi connectivity index (χ0n) is 17.3. The fraction of sp³-hybridized carbons (Fsp3) is 0.571. The summed E-state index contributed by atoms with van der Waals surface area (Å²) in [5.41, 5.74) is 0.550. The predicted molar refractivity (Wildman–Crippen MR) is 107 cm³/mol. The zero-order valence-corrected chi connectivity index (χ0v) is 17.3. The summed E-state index contributed by atoms with van der Waals surface area (Å²) >= 11 is 0. The number of aromatic nitrogens is 1. The number of hydrogen-bond acceptors (Lipinski definition) is 6. The van der Waals surface area contributed by atoms with E-state index < -0.39 is 23.4 Å². The first-order valence-corrected chi connectivity index (χ1v) is 9.93. The van der Waals surface area contributed by atoms with Crippen molar-refractivity contribution in [3.8, 4) is 0 Å². The average Bonchev–Trinajstić information content (AvgIpc) is 3.22. The lowest BCUT2D eigenvalue weighted by atomic mass is 10.1. The summed E-state index contributed by atoms with van der Waals surface area (Å²) in [6.45, 7) is 7.99. The molecule has 0 radical (unpaired) electrons. The number of carbonyl (C=O) groups is 2. The maximum absolute atomic E-state index is 12.4. The quantitative estimate of drug-likeness (QED) is 0.710. The molecule has 8 heteroatoms. The third kappa shape index (κ3) is 4.99. The van der Waals surface area contributed by atoms with E-state index in [1.54, 1.807) is 36.1 Å². The van der Waals surface area contributed by atoms with E-state index in [4.69, 9.17) is 13.9 Å². The lowest BCUT2D eigenvalue weighted by Crippen LogP contribution is -2.45. The van der Waals surface area contributed by atoms with Crippen molar-refractivity contribution in [2.45, 2.75) is 71.2 Å². The van der Waals surface area contributed by atoms with Gasteiger partial charge in [-0.1, -0.05) is 12.1 Å². The van der Waals surface area contributed by atoms with Gasteiger partial charge in [-0.2, -0.15) is 0 Å². The molecule has 2 atom stereocenters. The fourth-order valence-corrected chi connectivity index (χ4v) is 3.60. The number of aryl methyl sites for hydroxylation is 1. The van der Waals surface area contributed by atoms with Crippen LogP contribution in [-0.4, -0.2) is 45.8 Å². The molecule has 0 spiro atoms. The molecule has 2 unspecified atom stereocenters. The van der Waals surface area contributed by atoms with Crippen LogP contribution < -0.4 is 5.76 Å². The fourth-order valence-electron chi connectivity index (χ4n) is 3.60. The Morgan fingerprint density at radius 2 is 2.00 bits per heavy atom. The number of benzene rings is 1. The van der Waals surface area contributed by atoms with E-state index in [9.17, 15) is 14.4 Å². The van der Waals surface area contributed by atoms with E-state index in [0.717, 1.165) is 12.8 Å². The van der Waals surface area contributed by atoms with Gasteiger partial charge in [0, 0.05) is 13.1 Å². The van der Waals surface area contributed by atoms with E-state index in [2.05, 4.69) is 0 Å². The molecule has 0 saturated carbocycles. The van der Waals surface area contributed by atoms with Crippen LogP contribution in [-0.2, 0) is 20.8 Å². The van der Waals surface area contributed by atoms with Crippen molar-refractivity contribution in [1.29, 1.82) is 0 Å². The zero-order chi connectivity index (χ0) is 21.2. The van der Waals surface area contributed by atoms with Gasteiger partial charge in [0.25, 0.3) is 0 Å². The summed E-state index contributed by atoms with van der Waals surface area (Å²) in [7, 11) is 0. The minimum Gasteiger partial charge on any atom is -0.460 e. The molecule has 1 aromatic carbocycles. The van der Waals surface area contributed by atoms with Crippen LogP contribution in [0.2, 0.25) is 0 Å². The van der Waals surface area contributed by atoms with E-state index in [1.165, 1.54) is 4.57 Å². The van der Waals surface area contributed by atoms with Crippen molar-refractivity contribution in [1.82, 2.24) is 9.47 Å². The third-order valence-electron chi connectivity index (χ3n) is 4.90.